The maximum atomic E-state index is 13.1. The predicted octanol–water partition coefficient (Wildman–Crippen LogP) is 4.07. The van der Waals surface area contributed by atoms with E-state index in [4.69, 9.17) is 9.47 Å². The predicted molar refractivity (Wildman–Crippen MR) is 103 cm³/mol. The van der Waals surface area contributed by atoms with Crippen molar-refractivity contribution in [1.82, 2.24) is 0 Å². The highest BCUT2D eigenvalue weighted by molar-refractivity contribution is 5.92. The van der Waals surface area contributed by atoms with E-state index >= 15 is 0 Å². The lowest BCUT2D eigenvalue weighted by atomic mass is 9.45. The molecule has 156 valence electrons. The molecule has 0 unspecified atom stereocenters. The number of esters is 2. The number of hydrogen-bond acceptors (Lipinski definition) is 5. The SMILES string of the molecule is CC(=O)O[C@H]1CC[C@@]2(C)[C@@H](CC[C@@H]3[C@H]2CC[C@]2(C)C(=O)[C@H](OC(C)=O)C[C@H]32)C1. The molecule has 0 radical (unpaired) electrons. The molecule has 0 saturated heterocycles. The van der Waals surface area contributed by atoms with Crippen LogP contribution in [0.25, 0.3) is 0 Å². The highest BCUT2D eigenvalue weighted by Crippen LogP contribution is 2.65. The molecule has 4 aliphatic rings. The Labute approximate surface area is 167 Å². The van der Waals surface area contributed by atoms with Gasteiger partial charge in [-0.2, -0.15) is 0 Å². The molecule has 5 heteroatoms. The van der Waals surface area contributed by atoms with Gasteiger partial charge in [0.2, 0.25) is 0 Å². The van der Waals surface area contributed by atoms with Crippen LogP contribution in [0.4, 0.5) is 0 Å². The van der Waals surface area contributed by atoms with Gasteiger partial charge in [-0.25, -0.2) is 0 Å². The van der Waals surface area contributed by atoms with Crippen LogP contribution in [0.2, 0.25) is 0 Å². The first-order valence-corrected chi connectivity index (χ1v) is 11.0. The van der Waals surface area contributed by atoms with Crippen LogP contribution >= 0.6 is 0 Å². The van der Waals surface area contributed by atoms with Gasteiger partial charge in [-0.3, -0.25) is 14.4 Å². The Bertz CT molecular complexity index is 686. The standard InChI is InChI=1S/C23H34O5/c1-13(24)27-16-7-9-22(3)15(11-16)5-6-17-18(22)8-10-23(4)19(17)12-20(21(23)26)28-14(2)25/h15-20H,5-12H2,1-4H3/t15-,16-,17+,18+,19+,20+,22-,23-/m0/s1. The van der Waals surface area contributed by atoms with Crippen molar-refractivity contribution in [1.29, 1.82) is 0 Å². The monoisotopic (exact) mass is 390 g/mol. The van der Waals surface area contributed by atoms with Crippen molar-refractivity contribution in [3.05, 3.63) is 0 Å². The molecule has 5 nitrogen and oxygen atoms in total. The quantitative estimate of drug-likeness (QED) is 0.665. The molecule has 4 fully saturated rings. The summed E-state index contributed by atoms with van der Waals surface area (Å²) in [6.07, 6.45) is 7.54. The Morgan fingerprint density at radius 2 is 1.61 bits per heavy atom. The lowest BCUT2D eigenvalue weighted by Gasteiger charge is -2.60. The first-order valence-electron chi connectivity index (χ1n) is 11.0. The average Bonchev–Trinajstić information content (AvgIpc) is 2.86. The Balaban J connectivity index is 1.54. The number of rotatable bonds is 2. The molecule has 0 aliphatic heterocycles. The molecule has 0 spiro atoms. The molecule has 4 rings (SSSR count). The summed E-state index contributed by atoms with van der Waals surface area (Å²) in [6.45, 7) is 7.46. The highest BCUT2D eigenvalue weighted by Gasteiger charge is 2.63. The Morgan fingerprint density at radius 3 is 2.29 bits per heavy atom. The topological polar surface area (TPSA) is 69.7 Å². The molecule has 8 atom stereocenters. The van der Waals surface area contributed by atoms with Crippen molar-refractivity contribution in [2.24, 2.45) is 34.5 Å². The number of carbonyl (C=O) groups is 3. The van der Waals surface area contributed by atoms with Gasteiger partial charge in [0.05, 0.1) is 0 Å². The Hall–Kier alpha value is -1.39. The third kappa shape index (κ3) is 3.00. The van der Waals surface area contributed by atoms with Crippen molar-refractivity contribution in [3.63, 3.8) is 0 Å². The maximum Gasteiger partial charge on any atom is 0.303 e. The van der Waals surface area contributed by atoms with Crippen molar-refractivity contribution in [2.75, 3.05) is 0 Å². The normalized spacial score (nSPS) is 47.5. The summed E-state index contributed by atoms with van der Waals surface area (Å²) in [5.41, 5.74) is -0.0666. The fourth-order valence-electron chi connectivity index (χ4n) is 7.63. The molecule has 4 aliphatic carbocycles. The van der Waals surface area contributed by atoms with E-state index < -0.39 is 6.10 Å². The van der Waals surface area contributed by atoms with Crippen LogP contribution in [0.3, 0.4) is 0 Å². The number of hydrogen-bond donors (Lipinski definition) is 0. The van der Waals surface area contributed by atoms with Crippen LogP contribution in [0, 0.1) is 34.5 Å². The first kappa shape index (κ1) is 19.9. The summed E-state index contributed by atoms with van der Waals surface area (Å²) >= 11 is 0. The summed E-state index contributed by atoms with van der Waals surface area (Å²) in [7, 11) is 0. The summed E-state index contributed by atoms with van der Waals surface area (Å²) in [5, 5.41) is 0. The molecule has 0 aromatic heterocycles. The van der Waals surface area contributed by atoms with E-state index in [1.165, 1.54) is 13.8 Å². The van der Waals surface area contributed by atoms with Gasteiger partial charge < -0.3 is 9.47 Å². The maximum absolute atomic E-state index is 13.1. The molecule has 0 N–H and O–H groups in total. The summed E-state index contributed by atoms with van der Waals surface area (Å²) in [6, 6.07) is 0. The number of ether oxygens (including phenoxy) is 2. The van der Waals surface area contributed by atoms with E-state index in [0.29, 0.717) is 30.1 Å². The van der Waals surface area contributed by atoms with Crippen LogP contribution in [-0.4, -0.2) is 29.9 Å². The van der Waals surface area contributed by atoms with Gasteiger partial charge in [-0.15, -0.1) is 0 Å². The van der Waals surface area contributed by atoms with Crippen LogP contribution in [0.1, 0.15) is 79.1 Å². The fourth-order valence-corrected chi connectivity index (χ4v) is 7.63. The van der Waals surface area contributed by atoms with E-state index in [1.54, 1.807) is 0 Å². The van der Waals surface area contributed by atoms with E-state index in [2.05, 4.69) is 13.8 Å². The highest BCUT2D eigenvalue weighted by atomic mass is 16.5. The smallest absolute Gasteiger partial charge is 0.303 e. The zero-order chi connectivity index (χ0) is 20.3. The van der Waals surface area contributed by atoms with Gasteiger partial charge in [-0.1, -0.05) is 13.8 Å². The van der Waals surface area contributed by atoms with Crippen LogP contribution in [-0.2, 0) is 23.9 Å². The van der Waals surface area contributed by atoms with Crippen molar-refractivity contribution in [2.45, 2.75) is 91.3 Å². The van der Waals surface area contributed by atoms with Gasteiger partial charge in [-0.05, 0) is 80.5 Å². The van der Waals surface area contributed by atoms with Gasteiger partial charge in [0.15, 0.2) is 11.9 Å². The van der Waals surface area contributed by atoms with Crippen molar-refractivity contribution >= 4 is 17.7 Å². The molecule has 0 aromatic rings. The molecule has 0 aromatic carbocycles. The zero-order valence-corrected chi connectivity index (χ0v) is 17.7. The average molecular weight is 391 g/mol. The van der Waals surface area contributed by atoms with Gasteiger partial charge in [0, 0.05) is 19.3 Å². The Morgan fingerprint density at radius 1 is 0.893 bits per heavy atom. The molecular formula is C23H34O5. The molecule has 0 amide bonds. The summed E-state index contributed by atoms with van der Waals surface area (Å²) in [4.78, 5) is 35.9. The molecular weight excluding hydrogens is 356 g/mol. The number of Topliss-reactive ketones (excluding diaryl/α,β-unsaturated/α-hetero) is 1. The van der Waals surface area contributed by atoms with E-state index in [0.717, 1.165) is 44.9 Å². The molecule has 28 heavy (non-hydrogen) atoms. The van der Waals surface area contributed by atoms with Crippen LogP contribution in [0.15, 0.2) is 0 Å². The van der Waals surface area contributed by atoms with Crippen LogP contribution < -0.4 is 0 Å². The van der Waals surface area contributed by atoms with Crippen molar-refractivity contribution < 1.29 is 23.9 Å². The molecule has 0 bridgehead atoms. The second-order valence-corrected chi connectivity index (χ2v) is 10.3. The summed E-state index contributed by atoms with van der Waals surface area (Å²) < 4.78 is 10.9. The number of ketones is 1. The second kappa shape index (κ2) is 6.84. The minimum absolute atomic E-state index is 0.0717. The van der Waals surface area contributed by atoms with Crippen molar-refractivity contribution in [3.8, 4) is 0 Å². The minimum Gasteiger partial charge on any atom is -0.463 e. The third-order valence-corrected chi connectivity index (χ3v) is 8.97. The number of fused-ring (bicyclic) bond motifs is 5. The largest absolute Gasteiger partial charge is 0.463 e. The Kier molecular flexibility index (Phi) is 4.86. The lowest BCUT2D eigenvalue weighted by Crippen LogP contribution is -2.54. The summed E-state index contributed by atoms with van der Waals surface area (Å²) in [5.74, 6) is 1.70. The van der Waals surface area contributed by atoms with Crippen LogP contribution in [0.5, 0.6) is 0 Å². The molecule has 4 saturated carbocycles. The third-order valence-electron chi connectivity index (χ3n) is 8.97. The molecule has 0 heterocycles. The first-order chi connectivity index (χ1) is 13.1. The second-order valence-electron chi connectivity index (χ2n) is 10.3. The minimum atomic E-state index is -0.545. The van der Waals surface area contributed by atoms with Gasteiger partial charge in [0.25, 0.3) is 0 Å². The zero-order valence-electron chi connectivity index (χ0n) is 17.7. The van der Waals surface area contributed by atoms with E-state index in [9.17, 15) is 14.4 Å². The van der Waals surface area contributed by atoms with E-state index in [-0.39, 0.29) is 34.7 Å². The van der Waals surface area contributed by atoms with Gasteiger partial charge >= 0.3 is 11.9 Å². The van der Waals surface area contributed by atoms with Gasteiger partial charge in [0.1, 0.15) is 6.10 Å². The lowest BCUT2D eigenvalue weighted by molar-refractivity contribution is -0.160. The fraction of sp³-hybridized carbons (Fsp3) is 0.870. The number of carbonyl (C=O) groups excluding carboxylic acids is 3. The van der Waals surface area contributed by atoms with E-state index in [1.807, 2.05) is 0 Å².